The van der Waals surface area contributed by atoms with Crippen molar-refractivity contribution in [1.29, 1.82) is 5.26 Å². The van der Waals surface area contributed by atoms with E-state index in [9.17, 15) is 9.59 Å². The van der Waals surface area contributed by atoms with Crippen molar-refractivity contribution < 1.29 is 9.59 Å². The number of nitriles is 1. The van der Waals surface area contributed by atoms with Gasteiger partial charge in [-0.25, -0.2) is 0 Å². The molecule has 26 heavy (non-hydrogen) atoms. The van der Waals surface area contributed by atoms with Crippen molar-refractivity contribution in [1.82, 2.24) is 5.32 Å². The fraction of sp³-hybridized carbons (Fsp3) is 0.150. The van der Waals surface area contributed by atoms with Gasteiger partial charge in [-0.2, -0.15) is 5.26 Å². The zero-order valence-electron chi connectivity index (χ0n) is 14.4. The SMILES string of the molecule is CC(C)NC(=O)c1ccc(Cl)c(NC(=O)/C=C/c2ccccc2C#N)c1. The molecule has 0 radical (unpaired) electrons. The van der Waals surface area contributed by atoms with Gasteiger partial charge in [0, 0.05) is 17.7 Å². The summed E-state index contributed by atoms with van der Waals surface area (Å²) >= 11 is 6.10. The first-order valence-electron chi connectivity index (χ1n) is 7.99. The number of amides is 2. The first kappa shape index (κ1) is 19.2. The van der Waals surface area contributed by atoms with Gasteiger partial charge in [0.1, 0.15) is 0 Å². The summed E-state index contributed by atoms with van der Waals surface area (Å²) in [6.07, 6.45) is 2.87. The molecule has 0 heterocycles. The second-order valence-electron chi connectivity index (χ2n) is 5.84. The normalized spacial score (nSPS) is 10.6. The van der Waals surface area contributed by atoms with Gasteiger partial charge >= 0.3 is 0 Å². The van der Waals surface area contributed by atoms with E-state index in [0.29, 0.717) is 27.4 Å². The van der Waals surface area contributed by atoms with Crippen LogP contribution in [0.25, 0.3) is 6.08 Å². The Kier molecular flexibility index (Phi) is 6.54. The van der Waals surface area contributed by atoms with E-state index in [0.717, 1.165) is 0 Å². The van der Waals surface area contributed by atoms with Crippen LogP contribution in [0.15, 0.2) is 48.5 Å². The Morgan fingerprint density at radius 1 is 1.19 bits per heavy atom. The van der Waals surface area contributed by atoms with Gasteiger partial charge in [0.15, 0.2) is 0 Å². The maximum Gasteiger partial charge on any atom is 0.251 e. The number of nitrogens with one attached hydrogen (secondary N) is 2. The van der Waals surface area contributed by atoms with Gasteiger partial charge in [-0.05, 0) is 49.8 Å². The van der Waals surface area contributed by atoms with Gasteiger partial charge < -0.3 is 10.6 Å². The third kappa shape index (κ3) is 5.20. The highest BCUT2D eigenvalue weighted by molar-refractivity contribution is 6.34. The quantitative estimate of drug-likeness (QED) is 0.783. The zero-order chi connectivity index (χ0) is 19.1. The van der Waals surface area contributed by atoms with Crippen LogP contribution in [-0.4, -0.2) is 17.9 Å². The molecule has 0 aliphatic carbocycles. The van der Waals surface area contributed by atoms with Crippen molar-refractivity contribution >= 4 is 35.2 Å². The fourth-order valence-electron chi connectivity index (χ4n) is 2.19. The Morgan fingerprint density at radius 2 is 1.92 bits per heavy atom. The first-order chi connectivity index (χ1) is 12.4. The van der Waals surface area contributed by atoms with Gasteiger partial charge in [0.25, 0.3) is 5.91 Å². The molecule has 2 aromatic carbocycles. The molecule has 0 saturated carbocycles. The van der Waals surface area contributed by atoms with Crippen LogP contribution in [0.2, 0.25) is 5.02 Å². The Hall–Kier alpha value is -3.10. The molecule has 0 aliphatic heterocycles. The van der Waals surface area contributed by atoms with Gasteiger partial charge in [-0.3, -0.25) is 9.59 Å². The van der Waals surface area contributed by atoms with E-state index in [4.69, 9.17) is 16.9 Å². The monoisotopic (exact) mass is 367 g/mol. The highest BCUT2D eigenvalue weighted by Gasteiger charge is 2.11. The standard InChI is InChI=1S/C20H18ClN3O2/c1-13(2)23-20(26)15-7-9-17(21)18(11-15)24-19(25)10-8-14-5-3-4-6-16(14)12-22/h3-11,13H,1-2H3,(H,23,26)(H,24,25)/b10-8+. The molecular weight excluding hydrogens is 350 g/mol. The predicted molar refractivity (Wildman–Crippen MR) is 103 cm³/mol. The van der Waals surface area contributed by atoms with Crippen LogP contribution in [-0.2, 0) is 4.79 Å². The number of hydrogen-bond donors (Lipinski definition) is 2. The molecule has 0 bridgehead atoms. The number of benzene rings is 2. The second-order valence-corrected chi connectivity index (χ2v) is 6.25. The van der Waals surface area contributed by atoms with E-state index in [1.807, 2.05) is 13.8 Å². The van der Waals surface area contributed by atoms with Crippen LogP contribution in [0, 0.1) is 11.3 Å². The molecule has 0 saturated heterocycles. The number of hydrogen-bond acceptors (Lipinski definition) is 3. The van der Waals surface area contributed by atoms with Gasteiger partial charge in [0.2, 0.25) is 5.91 Å². The maximum absolute atomic E-state index is 12.2. The summed E-state index contributed by atoms with van der Waals surface area (Å²) in [4.78, 5) is 24.2. The highest BCUT2D eigenvalue weighted by atomic mass is 35.5. The molecule has 5 nitrogen and oxygen atoms in total. The Balaban J connectivity index is 2.15. The van der Waals surface area contributed by atoms with Crippen LogP contribution < -0.4 is 10.6 Å². The molecule has 0 spiro atoms. The minimum Gasteiger partial charge on any atom is -0.350 e. The first-order valence-corrected chi connectivity index (χ1v) is 8.37. The van der Waals surface area contributed by atoms with Crippen molar-refractivity contribution in [3.05, 3.63) is 70.3 Å². The molecule has 0 aromatic heterocycles. The van der Waals surface area contributed by atoms with Crippen LogP contribution in [0.1, 0.15) is 35.3 Å². The average Bonchev–Trinajstić information content (AvgIpc) is 2.61. The molecule has 0 atom stereocenters. The largest absolute Gasteiger partial charge is 0.350 e. The van der Waals surface area contributed by atoms with Crippen LogP contribution >= 0.6 is 11.6 Å². The molecule has 0 aliphatic rings. The molecule has 2 rings (SSSR count). The maximum atomic E-state index is 12.2. The van der Waals surface area contributed by atoms with E-state index in [-0.39, 0.29) is 11.9 Å². The predicted octanol–water partition coefficient (Wildman–Crippen LogP) is 4.00. The van der Waals surface area contributed by atoms with Crippen LogP contribution in [0.4, 0.5) is 5.69 Å². The minimum absolute atomic E-state index is 0.000597. The third-order valence-electron chi connectivity index (χ3n) is 3.40. The molecule has 0 unspecified atom stereocenters. The summed E-state index contributed by atoms with van der Waals surface area (Å²) in [6.45, 7) is 3.72. The van der Waals surface area contributed by atoms with Crippen LogP contribution in [0.5, 0.6) is 0 Å². The smallest absolute Gasteiger partial charge is 0.251 e. The minimum atomic E-state index is -0.416. The van der Waals surface area contributed by atoms with Crippen molar-refractivity contribution in [2.45, 2.75) is 19.9 Å². The lowest BCUT2D eigenvalue weighted by Crippen LogP contribution is -2.30. The number of nitrogens with zero attached hydrogens (tertiary/aromatic N) is 1. The van der Waals surface area contributed by atoms with Crippen molar-refractivity contribution in [3.8, 4) is 6.07 Å². The zero-order valence-corrected chi connectivity index (χ0v) is 15.2. The van der Waals surface area contributed by atoms with E-state index >= 15 is 0 Å². The summed E-state index contributed by atoms with van der Waals surface area (Å²) in [7, 11) is 0. The van der Waals surface area contributed by atoms with Gasteiger partial charge in [-0.1, -0.05) is 29.8 Å². The molecule has 6 heteroatoms. The lowest BCUT2D eigenvalue weighted by Gasteiger charge is -2.11. The molecule has 2 aromatic rings. The summed E-state index contributed by atoms with van der Waals surface area (Å²) in [5.74, 6) is -0.660. The van der Waals surface area contributed by atoms with Crippen molar-refractivity contribution in [2.24, 2.45) is 0 Å². The van der Waals surface area contributed by atoms with E-state index in [1.165, 1.54) is 12.1 Å². The number of anilines is 1. The molecule has 132 valence electrons. The Morgan fingerprint density at radius 3 is 2.62 bits per heavy atom. The number of carbonyl (C=O) groups excluding carboxylic acids is 2. The molecular formula is C20H18ClN3O2. The van der Waals surface area contributed by atoms with E-state index < -0.39 is 5.91 Å². The summed E-state index contributed by atoms with van der Waals surface area (Å²) in [5.41, 5.74) is 1.85. The lowest BCUT2D eigenvalue weighted by molar-refractivity contribution is -0.111. The van der Waals surface area contributed by atoms with Crippen molar-refractivity contribution in [2.75, 3.05) is 5.32 Å². The average molecular weight is 368 g/mol. The Labute approximate surface area is 157 Å². The van der Waals surface area contributed by atoms with Gasteiger partial charge in [0.05, 0.1) is 22.3 Å². The Bertz CT molecular complexity index is 898. The summed E-state index contributed by atoms with van der Waals surface area (Å²) < 4.78 is 0. The lowest BCUT2D eigenvalue weighted by atomic mass is 10.1. The summed E-state index contributed by atoms with van der Waals surface area (Å²) in [5, 5.41) is 14.8. The van der Waals surface area contributed by atoms with Crippen LogP contribution in [0.3, 0.4) is 0 Å². The molecule has 2 amide bonds. The number of rotatable bonds is 5. The van der Waals surface area contributed by atoms with E-state index in [1.54, 1.807) is 42.5 Å². The van der Waals surface area contributed by atoms with Crippen molar-refractivity contribution in [3.63, 3.8) is 0 Å². The molecule has 2 N–H and O–H groups in total. The third-order valence-corrected chi connectivity index (χ3v) is 3.73. The number of carbonyl (C=O) groups is 2. The molecule has 0 fully saturated rings. The fourth-order valence-corrected chi connectivity index (χ4v) is 2.36. The summed E-state index contributed by atoms with van der Waals surface area (Å²) in [6, 6.07) is 13.7. The second kappa shape index (κ2) is 8.84. The highest BCUT2D eigenvalue weighted by Crippen LogP contribution is 2.23. The topological polar surface area (TPSA) is 82.0 Å². The van der Waals surface area contributed by atoms with E-state index in [2.05, 4.69) is 16.7 Å². The number of halogens is 1. The van der Waals surface area contributed by atoms with Gasteiger partial charge in [-0.15, -0.1) is 0 Å².